The Hall–Kier alpha value is -0.950. The van der Waals surface area contributed by atoms with Crippen LogP contribution in [0, 0.1) is 0 Å². The van der Waals surface area contributed by atoms with Gasteiger partial charge in [0.15, 0.2) is 0 Å². The molecule has 1 heterocycles. The summed E-state index contributed by atoms with van der Waals surface area (Å²) >= 11 is 0. The van der Waals surface area contributed by atoms with Crippen molar-refractivity contribution in [1.29, 1.82) is 0 Å². The highest BCUT2D eigenvalue weighted by Gasteiger charge is 2.32. The molecule has 1 fully saturated rings. The van der Waals surface area contributed by atoms with Crippen LogP contribution >= 0.6 is 0 Å². The number of benzene rings is 1. The van der Waals surface area contributed by atoms with Gasteiger partial charge in [-0.3, -0.25) is 0 Å². The maximum absolute atomic E-state index is 12.3. The van der Waals surface area contributed by atoms with Gasteiger partial charge in [-0.15, -0.1) is 0 Å². The van der Waals surface area contributed by atoms with E-state index in [0.717, 1.165) is 12.0 Å². The number of nitrogens with zero attached hydrogens (tertiary/aromatic N) is 1. The van der Waals surface area contributed by atoms with Crippen LogP contribution in [0.15, 0.2) is 24.3 Å². The molecule has 0 amide bonds. The number of hydrogen-bond acceptors (Lipinski definition) is 3. The highest BCUT2D eigenvalue weighted by Crippen LogP contribution is 2.24. The number of hydrogen-bond donors (Lipinski definition) is 2. The molecule has 1 aromatic rings. The van der Waals surface area contributed by atoms with E-state index in [-0.39, 0.29) is 6.04 Å². The lowest BCUT2D eigenvalue weighted by molar-refractivity contribution is 0.268. The summed E-state index contributed by atoms with van der Waals surface area (Å²) < 4.78 is 28.7. The number of piperazine rings is 1. The third-order valence-electron chi connectivity index (χ3n) is 3.60. The van der Waals surface area contributed by atoms with Gasteiger partial charge < -0.3 is 5.32 Å². The molecule has 0 bridgehead atoms. The average molecular weight is 297 g/mol. The predicted molar refractivity (Wildman–Crippen MR) is 80.7 cm³/mol. The van der Waals surface area contributed by atoms with E-state index in [2.05, 4.69) is 29.1 Å². The van der Waals surface area contributed by atoms with Gasteiger partial charge in [0.25, 0.3) is 10.2 Å². The smallest absolute Gasteiger partial charge is 0.280 e. The SMILES string of the molecule is CCNS(=O)(=O)N1CCNCC1c1ccc(CC)cc1. The molecule has 1 unspecified atom stereocenters. The zero-order valence-electron chi connectivity index (χ0n) is 12.1. The molecule has 112 valence electrons. The lowest BCUT2D eigenvalue weighted by atomic mass is 10.0. The van der Waals surface area contributed by atoms with E-state index in [4.69, 9.17) is 0 Å². The van der Waals surface area contributed by atoms with Crippen molar-refractivity contribution in [2.24, 2.45) is 0 Å². The minimum absolute atomic E-state index is 0.140. The van der Waals surface area contributed by atoms with E-state index < -0.39 is 10.2 Å². The molecule has 0 aliphatic carbocycles. The Morgan fingerprint density at radius 3 is 2.60 bits per heavy atom. The van der Waals surface area contributed by atoms with Gasteiger partial charge in [0.05, 0.1) is 6.04 Å². The van der Waals surface area contributed by atoms with E-state index in [1.807, 2.05) is 12.1 Å². The third-order valence-corrected chi connectivity index (χ3v) is 5.31. The van der Waals surface area contributed by atoms with Gasteiger partial charge in [0, 0.05) is 26.2 Å². The molecule has 1 aromatic carbocycles. The largest absolute Gasteiger partial charge is 0.313 e. The average Bonchev–Trinajstić information content (AvgIpc) is 2.47. The van der Waals surface area contributed by atoms with Crippen molar-refractivity contribution < 1.29 is 8.42 Å². The van der Waals surface area contributed by atoms with Crippen molar-refractivity contribution in [3.8, 4) is 0 Å². The number of rotatable bonds is 5. The Labute approximate surface area is 121 Å². The molecule has 1 atom stereocenters. The predicted octanol–water partition coefficient (Wildman–Crippen LogP) is 1.05. The Balaban J connectivity index is 2.26. The summed E-state index contributed by atoms with van der Waals surface area (Å²) in [6, 6.07) is 8.07. The third kappa shape index (κ3) is 3.38. The van der Waals surface area contributed by atoms with Crippen LogP contribution in [0.25, 0.3) is 0 Å². The lowest BCUT2D eigenvalue weighted by Gasteiger charge is -2.35. The maximum Gasteiger partial charge on any atom is 0.280 e. The first kappa shape index (κ1) is 15.4. The molecule has 2 rings (SSSR count). The molecule has 1 aliphatic rings. The fourth-order valence-electron chi connectivity index (χ4n) is 2.50. The van der Waals surface area contributed by atoms with Gasteiger partial charge in [-0.05, 0) is 17.5 Å². The van der Waals surface area contributed by atoms with Gasteiger partial charge in [-0.2, -0.15) is 12.7 Å². The molecule has 6 heteroatoms. The second-order valence-electron chi connectivity index (χ2n) is 4.93. The zero-order valence-corrected chi connectivity index (χ0v) is 12.9. The quantitative estimate of drug-likeness (QED) is 0.854. The van der Waals surface area contributed by atoms with Crippen LogP contribution in [0.2, 0.25) is 0 Å². The van der Waals surface area contributed by atoms with Crippen LogP contribution in [0.3, 0.4) is 0 Å². The summed E-state index contributed by atoms with van der Waals surface area (Å²) in [7, 11) is -3.40. The minimum Gasteiger partial charge on any atom is -0.313 e. The molecule has 1 aliphatic heterocycles. The second kappa shape index (κ2) is 6.67. The van der Waals surface area contributed by atoms with Crippen molar-refractivity contribution in [2.75, 3.05) is 26.2 Å². The molecular weight excluding hydrogens is 274 g/mol. The molecule has 0 radical (unpaired) electrons. The maximum atomic E-state index is 12.3. The minimum atomic E-state index is -3.40. The second-order valence-corrected chi connectivity index (χ2v) is 6.64. The molecule has 2 N–H and O–H groups in total. The van der Waals surface area contributed by atoms with Gasteiger partial charge in [-0.25, -0.2) is 4.72 Å². The summed E-state index contributed by atoms with van der Waals surface area (Å²) in [5.41, 5.74) is 2.30. The van der Waals surface area contributed by atoms with E-state index >= 15 is 0 Å². The van der Waals surface area contributed by atoms with Crippen LogP contribution in [0.1, 0.15) is 31.0 Å². The summed E-state index contributed by atoms with van der Waals surface area (Å²) in [4.78, 5) is 0. The van der Waals surface area contributed by atoms with Gasteiger partial charge in [-0.1, -0.05) is 38.1 Å². The topological polar surface area (TPSA) is 61.4 Å². The lowest BCUT2D eigenvalue weighted by Crippen LogP contribution is -2.52. The van der Waals surface area contributed by atoms with Crippen molar-refractivity contribution in [3.05, 3.63) is 35.4 Å². The first-order valence-electron chi connectivity index (χ1n) is 7.14. The highest BCUT2D eigenvalue weighted by molar-refractivity contribution is 7.87. The Kier molecular flexibility index (Phi) is 5.15. The number of nitrogens with one attached hydrogen (secondary N) is 2. The standard InChI is InChI=1S/C14H23N3O2S/c1-3-12-5-7-13(8-6-12)14-11-15-9-10-17(14)20(18,19)16-4-2/h5-8,14-16H,3-4,9-11H2,1-2H3. The van der Waals surface area contributed by atoms with E-state index in [1.165, 1.54) is 5.56 Å². The van der Waals surface area contributed by atoms with E-state index in [1.54, 1.807) is 11.2 Å². The van der Waals surface area contributed by atoms with Crippen LogP contribution in [-0.4, -0.2) is 38.9 Å². The zero-order chi connectivity index (χ0) is 14.6. The normalized spacial score (nSPS) is 21.0. The Morgan fingerprint density at radius 1 is 1.30 bits per heavy atom. The Bertz CT molecular complexity index is 528. The molecule has 20 heavy (non-hydrogen) atoms. The fourth-order valence-corrected chi connectivity index (χ4v) is 3.89. The molecule has 0 spiro atoms. The van der Waals surface area contributed by atoms with Crippen molar-refractivity contribution in [2.45, 2.75) is 26.3 Å². The van der Waals surface area contributed by atoms with E-state index in [9.17, 15) is 8.42 Å². The molecule has 0 aromatic heterocycles. The molecule has 5 nitrogen and oxygen atoms in total. The van der Waals surface area contributed by atoms with Crippen LogP contribution in [0.4, 0.5) is 0 Å². The van der Waals surface area contributed by atoms with Crippen LogP contribution in [-0.2, 0) is 16.6 Å². The van der Waals surface area contributed by atoms with Crippen LogP contribution in [0.5, 0.6) is 0 Å². The van der Waals surface area contributed by atoms with Gasteiger partial charge in [0.2, 0.25) is 0 Å². The number of aryl methyl sites for hydroxylation is 1. The molecular formula is C14H23N3O2S. The highest BCUT2D eigenvalue weighted by atomic mass is 32.2. The Morgan fingerprint density at radius 2 is 2.00 bits per heavy atom. The van der Waals surface area contributed by atoms with Gasteiger partial charge in [0.1, 0.15) is 0 Å². The fraction of sp³-hybridized carbons (Fsp3) is 0.571. The van der Waals surface area contributed by atoms with E-state index in [0.29, 0.717) is 26.2 Å². The summed E-state index contributed by atoms with van der Waals surface area (Å²) in [5.74, 6) is 0. The first-order valence-corrected chi connectivity index (χ1v) is 8.58. The summed E-state index contributed by atoms with van der Waals surface area (Å²) in [6.45, 7) is 6.15. The van der Waals surface area contributed by atoms with Crippen LogP contribution < -0.4 is 10.0 Å². The van der Waals surface area contributed by atoms with Crippen molar-refractivity contribution >= 4 is 10.2 Å². The monoisotopic (exact) mass is 297 g/mol. The van der Waals surface area contributed by atoms with Gasteiger partial charge >= 0.3 is 0 Å². The molecule has 0 saturated carbocycles. The summed E-state index contributed by atoms with van der Waals surface area (Å²) in [6.07, 6.45) is 0.989. The molecule has 1 saturated heterocycles. The first-order chi connectivity index (χ1) is 9.58. The van der Waals surface area contributed by atoms with Crippen molar-refractivity contribution in [1.82, 2.24) is 14.3 Å². The summed E-state index contributed by atoms with van der Waals surface area (Å²) in [5, 5.41) is 3.27. The van der Waals surface area contributed by atoms with Crippen molar-refractivity contribution in [3.63, 3.8) is 0 Å².